The fourth-order valence-corrected chi connectivity index (χ4v) is 2.12. The largest absolute Gasteiger partial charge is 0.444 e. The maximum absolute atomic E-state index is 13.6. The number of nitrogens with zero attached hydrogens (tertiary/aromatic N) is 2. The zero-order chi connectivity index (χ0) is 15.6. The summed E-state index contributed by atoms with van der Waals surface area (Å²) in [5, 5.41) is 0. The molecule has 1 amide bonds. The topological polar surface area (TPSA) is 59.0 Å². The Hall–Kier alpha value is -1.49. The van der Waals surface area contributed by atoms with Crippen LogP contribution >= 0.6 is 0 Å². The Labute approximate surface area is 117 Å². The van der Waals surface area contributed by atoms with Gasteiger partial charge in [-0.25, -0.2) is 18.4 Å². The molecule has 1 heterocycles. The normalized spacial score (nSPS) is 19.2. The van der Waals surface area contributed by atoms with Gasteiger partial charge in [-0.1, -0.05) is 0 Å². The van der Waals surface area contributed by atoms with Gasteiger partial charge in [0.05, 0.1) is 0 Å². The molecule has 0 bridgehead atoms. The molecule has 0 aliphatic carbocycles. The van der Waals surface area contributed by atoms with Crippen LogP contribution in [-0.2, 0) is 9.53 Å². The molecule has 1 aliphatic rings. The number of amides is 1. The zero-order valence-electron chi connectivity index (χ0n) is 12.2. The Morgan fingerprint density at radius 1 is 1.25 bits per heavy atom. The van der Waals surface area contributed by atoms with Crippen LogP contribution < -0.4 is 0 Å². The maximum Gasteiger partial charge on any atom is 0.410 e. The van der Waals surface area contributed by atoms with E-state index < -0.39 is 23.2 Å². The summed E-state index contributed by atoms with van der Waals surface area (Å²) in [6.07, 6.45) is 0.502. The molecule has 1 fully saturated rings. The van der Waals surface area contributed by atoms with E-state index in [1.165, 1.54) is 11.0 Å². The lowest BCUT2D eigenvalue weighted by atomic mass is 9.83. The minimum Gasteiger partial charge on any atom is -0.444 e. The number of carbonyl (C=O) groups is 1. The van der Waals surface area contributed by atoms with Gasteiger partial charge in [-0.2, -0.15) is 4.99 Å². The summed E-state index contributed by atoms with van der Waals surface area (Å²) >= 11 is 0. The van der Waals surface area contributed by atoms with Crippen LogP contribution in [0.25, 0.3) is 0 Å². The highest BCUT2D eigenvalue weighted by Gasteiger charge is 2.52. The van der Waals surface area contributed by atoms with Crippen LogP contribution in [0.3, 0.4) is 0 Å². The first kappa shape index (κ1) is 16.6. The van der Waals surface area contributed by atoms with E-state index in [1.54, 1.807) is 20.8 Å². The number of aliphatic imine (C=N–C) groups is 1. The van der Waals surface area contributed by atoms with Gasteiger partial charge in [-0.15, -0.1) is 0 Å². The third-order valence-corrected chi connectivity index (χ3v) is 3.32. The Morgan fingerprint density at radius 2 is 1.75 bits per heavy atom. The van der Waals surface area contributed by atoms with E-state index in [0.717, 1.165) is 6.92 Å². The molecule has 0 aromatic carbocycles. The minimum absolute atomic E-state index is 0.0729. The Balaban J connectivity index is 2.75. The van der Waals surface area contributed by atoms with E-state index in [1.807, 2.05) is 0 Å². The smallest absolute Gasteiger partial charge is 0.410 e. The van der Waals surface area contributed by atoms with Crippen LogP contribution in [0.1, 0.15) is 40.5 Å². The van der Waals surface area contributed by atoms with Crippen molar-refractivity contribution < 1.29 is 23.1 Å². The lowest BCUT2D eigenvalue weighted by molar-refractivity contribution is -0.0798. The molecule has 0 unspecified atom stereocenters. The molecule has 0 spiro atoms. The zero-order valence-corrected chi connectivity index (χ0v) is 12.2. The first-order valence-electron chi connectivity index (χ1n) is 6.45. The molecule has 0 atom stereocenters. The summed E-state index contributed by atoms with van der Waals surface area (Å²) in [5.74, 6) is -3.13. The number of alkyl halides is 2. The number of ether oxygens (including phenoxy) is 1. The van der Waals surface area contributed by atoms with Crippen LogP contribution in [0.5, 0.6) is 0 Å². The molecular weight excluding hydrogens is 270 g/mol. The standard InChI is InChI=1S/C13H20F2N2O3/c1-11(2,3)20-10(19)17-7-5-13(6-8-17,16-9-18)12(4,14)15/h5-8H2,1-4H3. The lowest BCUT2D eigenvalue weighted by Gasteiger charge is -2.41. The van der Waals surface area contributed by atoms with E-state index in [4.69, 9.17) is 4.74 Å². The van der Waals surface area contributed by atoms with Gasteiger partial charge >= 0.3 is 6.09 Å². The molecule has 0 aromatic heterocycles. The van der Waals surface area contributed by atoms with E-state index >= 15 is 0 Å². The van der Waals surface area contributed by atoms with Gasteiger partial charge in [0.15, 0.2) is 0 Å². The number of piperidine rings is 1. The number of hydrogen-bond donors (Lipinski definition) is 0. The van der Waals surface area contributed by atoms with E-state index in [2.05, 4.69) is 4.99 Å². The van der Waals surface area contributed by atoms with Gasteiger partial charge in [0, 0.05) is 20.0 Å². The van der Waals surface area contributed by atoms with Crippen molar-refractivity contribution in [1.29, 1.82) is 0 Å². The van der Waals surface area contributed by atoms with Crippen LogP contribution in [-0.4, -0.2) is 47.2 Å². The molecule has 5 nitrogen and oxygen atoms in total. The van der Waals surface area contributed by atoms with Gasteiger partial charge in [0.25, 0.3) is 5.92 Å². The van der Waals surface area contributed by atoms with Gasteiger partial charge in [-0.3, -0.25) is 0 Å². The van der Waals surface area contributed by atoms with Crippen molar-refractivity contribution in [3.8, 4) is 0 Å². The molecule has 1 rings (SSSR count). The Morgan fingerprint density at radius 3 is 2.10 bits per heavy atom. The van der Waals surface area contributed by atoms with Gasteiger partial charge in [0.2, 0.25) is 6.08 Å². The van der Waals surface area contributed by atoms with Gasteiger partial charge in [0.1, 0.15) is 11.1 Å². The van der Waals surface area contributed by atoms with Crippen molar-refractivity contribution in [3.63, 3.8) is 0 Å². The molecule has 20 heavy (non-hydrogen) atoms. The average Bonchev–Trinajstić information content (AvgIpc) is 2.26. The Kier molecular flexibility index (Phi) is 4.54. The number of isocyanates is 1. The third kappa shape index (κ3) is 3.76. The predicted octanol–water partition coefficient (Wildman–Crippen LogP) is 2.75. The second-order valence-electron chi connectivity index (χ2n) is 6.09. The monoisotopic (exact) mass is 290 g/mol. The molecule has 0 radical (unpaired) electrons. The number of halogens is 2. The second-order valence-corrected chi connectivity index (χ2v) is 6.09. The summed E-state index contributed by atoms with van der Waals surface area (Å²) in [6.45, 7) is 6.08. The fourth-order valence-electron chi connectivity index (χ4n) is 2.12. The molecule has 114 valence electrons. The highest BCUT2D eigenvalue weighted by Crippen LogP contribution is 2.40. The van der Waals surface area contributed by atoms with Crippen LogP contribution in [0.4, 0.5) is 13.6 Å². The minimum atomic E-state index is -3.13. The molecule has 7 heteroatoms. The van der Waals surface area contributed by atoms with Crippen molar-refractivity contribution in [3.05, 3.63) is 0 Å². The summed E-state index contributed by atoms with van der Waals surface area (Å²) in [5.41, 5.74) is -2.41. The summed E-state index contributed by atoms with van der Waals surface area (Å²) < 4.78 is 32.5. The third-order valence-electron chi connectivity index (χ3n) is 3.32. The van der Waals surface area contributed by atoms with E-state index in [0.29, 0.717) is 0 Å². The SMILES string of the molecule is CC(C)(C)OC(=O)N1CCC(N=C=O)(C(C)(F)F)CC1. The van der Waals surface area contributed by atoms with Crippen LogP contribution in [0.15, 0.2) is 4.99 Å². The molecule has 0 saturated carbocycles. The first-order chi connectivity index (χ1) is 9.01. The van der Waals surface area contributed by atoms with Gasteiger partial charge < -0.3 is 9.64 Å². The molecule has 1 saturated heterocycles. The maximum atomic E-state index is 13.6. The summed E-state index contributed by atoms with van der Waals surface area (Å²) in [4.78, 5) is 26.9. The predicted molar refractivity (Wildman–Crippen MR) is 68.5 cm³/mol. The van der Waals surface area contributed by atoms with Crippen molar-refractivity contribution in [2.45, 2.75) is 57.6 Å². The number of likely N-dealkylation sites (tertiary alicyclic amines) is 1. The number of hydrogen-bond acceptors (Lipinski definition) is 4. The quantitative estimate of drug-likeness (QED) is 0.580. The highest BCUT2D eigenvalue weighted by molar-refractivity contribution is 5.68. The van der Waals surface area contributed by atoms with E-state index in [-0.39, 0.29) is 25.9 Å². The second kappa shape index (κ2) is 5.48. The van der Waals surface area contributed by atoms with Crippen molar-refractivity contribution in [1.82, 2.24) is 4.90 Å². The first-order valence-corrected chi connectivity index (χ1v) is 6.45. The summed E-state index contributed by atoms with van der Waals surface area (Å²) in [7, 11) is 0. The van der Waals surface area contributed by atoms with Crippen LogP contribution in [0.2, 0.25) is 0 Å². The molecule has 1 aliphatic heterocycles. The van der Waals surface area contributed by atoms with Crippen molar-refractivity contribution >= 4 is 12.2 Å². The molecular formula is C13H20F2N2O3. The lowest BCUT2D eigenvalue weighted by Crippen LogP contribution is -2.54. The number of rotatable bonds is 2. The highest BCUT2D eigenvalue weighted by atomic mass is 19.3. The fraction of sp³-hybridized carbons (Fsp3) is 0.846. The van der Waals surface area contributed by atoms with Crippen molar-refractivity contribution in [2.75, 3.05) is 13.1 Å². The Bertz CT molecular complexity index is 412. The summed E-state index contributed by atoms with van der Waals surface area (Å²) in [6, 6.07) is 0. The van der Waals surface area contributed by atoms with Crippen LogP contribution in [0, 0.1) is 0 Å². The number of carbonyl (C=O) groups excluding carboxylic acids is 2. The van der Waals surface area contributed by atoms with E-state index in [9.17, 15) is 18.4 Å². The average molecular weight is 290 g/mol. The molecule has 0 N–H and O–H groups in total. The van der Waals surface area contributed by atoms with Gasteiger partial charge in [-0.05, 0) is 33.6 Å². The van der Waals surface area contributed by atoms with Crippen molar-refractivity contribution in [2.24, 2.45) is 4.99 Å². The molecule has 0 aromatic rings.